The fraction of sp³-hybridized carbons (Fsp3) is 0.222. The molecule has 0 aliphatic carbocycles. The van der Waals surface area contributed by atoms with Crippen molar-refractivity contribution in [1.82, 2.24) is 5.32 Å². The number of nitrogens with zero attached hydrogens (tertiary/aromatic N) is 1. The van der Waals surface area contributed by atoms with Crippen molar-refractivity contribution in [2.24, 2.45) is 0 Å². The Bertz CT molecular complexity index is 797. The van der Waals surface area contributed by atoms with Crippen LogP contribution in [0.3, 0.4) is 0 Å². The standard InChI is InChI=1S/C18H16Cl2N2O3/c19-13-4-1-3-12(7-13)18(24)21-9-16-10-22(17(23)11-25-16)15-6-2-5-14(20)8-15/h1-8,16H,9-11H2,(H,21,24). The molecule has 1 atom stereocenters. The monoisotopic (exact) mass is 378 g/mol. The number of nitrogens with one attached hydrogen (secondary N) is 1. The minimum absolute atomic E-state index is 0.0375. The molecule has 0 aromatic heterocycles. The van der Waals surface area contributed by atoms with Crippen molar-refractivity contribution in [3.8, 4) is 0 Å². The van der Waals surface area contributed by atoms with Crippen LogP contribution in [0, 0.1) is 0 Å². The number of carbonyl (C=O) groups excluding carboxylic acids is 2. The Balaban J connectivity index is 1.62. The quantitative estimate of drug-likeness (QED) is 0.888. The second-order valence-corrected chi connectivity index (χ2v) is 6.51. The number of anilines is 1. The van der Waals surface area contributed by atoms with Crippen LogP contribution in [0.2, 0.25) is 10.0 Å². The number of hydrogen-bond acceptors (Lipinski definition) is 3. The van der Waals surface area contributed by atoms with Crippen LogP contribution in [0.25, 0.3) is 0 Å². The fourth-order valence-corrected chi connectivity index (χ4v) is 2.96. The highest BCUT2D eigenvalue weighted by molar-refractivity contribution is 6.31. The number of hydrogen-bond donors (Lipinski definition) is 1. The van der Waals surface area contributed by atoms with Gasteiger partial charge in [0.1, 0.15) is 6.61 Å². The van der Waals surface area contributed by atoms with Crippen molar-refractivity contribution in [1.29, 1.82) is 0 Å². The van der Waals surface area contributed by atoms with Crippen LogP contribution in [-0.2, 0) is 9.53 Å². The summed E-state index contributed by atoms with van der Waals surface area (Å²) in [6, 6.07) is 13.8. The molecular weight excluding hydrogens is 363 g/mol. The van der Waals surface area contributed by atoms with Gasteiger partial charge in [0.25, 0.3) is 11.8 Å². The summed E-state index contributed by atoms with van der Waals surface area (Å²) in [4.78, 5) is 25.9. The smallest absolute Gasteiger partial charge is 0.253 e. The van der Waals surface area contributed by atoms with E-state index in [0.717, 1.165) is 0 Å². The summed E-state index contributed by atoms with van der Waals surface area (Å²) >= 11 is 11.9. The van der Waals surface area contributed by atoms with Gasteiger partial charge in [-0.25, -0.2) is 0 Å². The molecular formula is C18H16Cl2N2O3. The maximum absolute atomic E-state index is 12.2. The van der Waals surface area contributed by atoms with E-state index in [9.17, 15) is 9.59 Å². The predicted molar refractivity (Wildman–Crippen MR) is 97.3 cm³/mol. The van der Waals surface area contributed by atoms with Gasteiger partial charge >= 0.3 is 0 Å². The largest absolute Gasteiger partial charge is 0.365 e. The Labute approximate surface area is 155 Å². The van der Waals surface area contributed by atoms with Crippen molar-refractivity contribution in [3.05, 3.63) is 64.1 Å². The van der Waals surface area contributed by atoms with Gasteiger partial charge < -0.3 is 15.0 Å². The van der Waals surface area contributed by atoms with Crippen LogP contribution >= 0.6 is 23.2 Å². The van der Waals surface area contributed by atoms with Gasteiger partial charge in [-0.05, 0) is 36.4 Å². The van der Waals surface area contributed by atoms with Crippen LogP contribution in [0.15, 0.2) is 48.5 Å². The zero-order valence-electron chi connectivity index (χ0n) is 13.2. The summed E-state index contributed by atoms with van der Waals surface area (Å²) in [5.74, 6) is -0.378. The summed E-state index contributed by atoms with van der Waals surface area (Å²) < 4.78 is 5.52. The SMILES string of the molecule is O=C(NCC1CN(c2cccc(Cl)c2)C(=O)CO1)c1cccc(Cl)c1. The Morgan fingerprint density at radius 2 is 1.88 bits per heavy atom. The lowest BCUT2D eigenvalue weighted by Crippen LogP contribution is -2.50. The highest BCUT2D eigenvalue weighted by Crippen LogP contribution is 2.22. The van der Waals surface area contributed by atoms with Crippen molar-refractivity contribution in [3.63, 3.8) is 0 Å². The highest BCUT2D eigenvalue weighted by Gasteiger charge is 2.27. The molecule has 7 heteroatoms. The first kappa shape index (κ1) is 17.7. The molecule has 0 radical (unpaired) electrons. The van der Waals surface area contributed by atoms with Gasteiger partial charge in [-0.3, -0.25) is 9.59 Å². The van der Waals surface area contributed by atoms with E-state index in [0.29, 0.717) is 27.8 Å². The Morgan fingerprint density at radius 1 is 1.16 bits per heavy atom. The number of amides is 2. The molecule has 2 amide bonds. The normalized spacial score (nSPS) is 17.4. The van der Waals surface area contributed by atoms with Crippen LogP contribution in [0.5, 0.6) is 0 Å². The van der Waals surface area contributed by atoms with Gasteiger partial charge in [0.15, 0.2) is 0 Å². The van der Waals surface area contributed by atoms with Gasteiger partial charge in [-0.1, -0.05) is 35.3 Å². The van der Waals surface area contributed by atoms with Crippen LogP contribution in [-0.4, -0.2) is 37.6 Å². The number of ether oxygens (including phenoxy) is 1. The van der Waals surface area contributed by atoms with Gasteiger partial charge in [0, 0.05) is 27.8 Å². The summed E-state index contributed by atoms with van der Waals surface area (Å²) in [7, 11) is 0. The van der Waals surface area contributed by atoms with Crippen molar-refractivity contribution in [2.75, 3.05) is 24.6 Å². The molecule has 1 heterocycles. The lowest BCUT2D eigenvalue weighted by molar-refractivity contribution is -0.129. The molecule has 0 bridgehead atoms. The molecule has 0 saturated carbocycles. The Hall–Kier alpha value is -2.08. The van der Waals surface area contributed by atoms with Gasteiger partial charge in [-0.15, -0.1) is 0 Å². The molecule has 1 aliphatic heterocycles. The van der Waals surface area contributed by atoms with Crippen LogP contribution in [0.1, 0.15) is 10.4 Å². The lowest BCUT2D eigenvalue weighted by atomic mass is 10.2. The van der Waals surface area contributed by atoms with Crippen LogP contribution < -0.4 is 10.2 Å². The number of morpholine rings is 1. The maximum atomic E-state index is 12.2. The second kappa shape index (κ2) is 7.87. The van der Waals surface area contributed by atoms with Crippen molar-refractivity contribution in [2.45, 2.75) is 6.10 Å². The van der Waals surface area contributed by atoms with Gasteiger partial charge in [0.2, 0.25) is 0 Å². The molecule has 1 aliphatic rings. The molecule has 25 heavy (non-hydrogen) atoms. The maximum Gasteiger partial charge on any atom is 0.253 e. The first-order valence-electron chi connectivity index (χ1n) is 7.74. The number of rotatable bonds is 4. The molecule has 1 fully saturated rings. The van der Waals surface area contributed by atoms with E-state index in [-0.39, 0.29) is 31.1 Å². The average Bonchev–Trinajstić information content (AvgIpc) is 2.60. The Kier molecular flexibility index (Phi) is 5.58. The summed E-state index contributed by atoms with van der Waals surface area (Å²) in [6.07, 6.45) is -0.306. The minimum atomic E-state index is -0.306. The summed E-state index contributed by atoms with van der Waals surface area (Å²) in [5, 5.41) is 3.86. The van der Waals surface area contributed by atoms with E-state index in [1.165, 1.54) is 0 Å². The predicted octanol–water partition coefficient (Wildman–Crippen LogP) is 3.16. The first-order chi connectivity index (χ1) is 12.0. The fourth-order valence-electron chi connectivity index (χ4n) is 2.58. The van der Waals surface area contributed by atoms with E-state index in [1.807, 2.05) is 6.07 Å². The van der Waals surface area contributed by atoms with Crippen molar-refractivity contribution < 1.29 is 14.3 Å². The van der Waals surface area contributed by atoms with Gasteiger partial charge in [-0.2, -0.15) is 0 Å². The lowest BCUT2D eigenvalue weighted by Gasteiger charge is -2.33. The molecule has 1 N–H and O–H groups in total. The van der Waals surface area contributed by atoms with E-state index < -0.39 is 0 Å². The van der Waals surface area contributed by atoms with E-state index in [1.54, 1.807) is 47.4 Å². The third kappa shape index (κ3) is 4.51. The minimum Gasteiger partial charge on any atom is -0.365 e. The molecule has 1 unspecified atom stereocenters. The molecule has 1 saturated heterocycles. The molecule has 2 aromatic carbocycles. The first-order valence-corrected chi connectivity index (χ1v) is 8.50. The van der Waals surface area contributed by atoms with Crippen LogP contribution in [0.4, 0.5) is 5.69 Å². The zero-order chi connectivity index (χ0) is 17.8. The molecule has 5 nitrogen and oxygen atoms in total. The van der Waals surface area contributed by atoms with Gasteiger partial charge in [0.05, 0.1) is 12.6 Å². The number of benzene rings is 2. The summed E-state index contributed by atoms with van der Waals surface area (Å²) in [6.45, 7) is 0.592. The number of halogens is 2. The highest BCUT2D eigenvalue weighted by atomic mass is 35.5. The van der Waals surface area contributed by atoms with E-state index in [2.05, 4.69) is 5.32 Å². The van der Waals surface area contributed by atoms with Crippen molar-refractivity contribution >= 4 is 40.7 Å². The Morgan fingerprint density at radius 3 is 2.60 bits per heavy atom. The zero-order valence-corrected chi connectivity index (χ0v) is 14.8. The molecule has 0 spiro atoms. The van der Waals surface area contributed by atoms with E-state index in [4.69, 9.17) is 27.9 Å². The topological polar surface area (TPSA) is 58.6 Å². The van der Waals surface area contributed by atoms with E-state index >= 15 is 0 Å². The third-order valence-corrected chi connectivity index (χ3v) is 4.30. The number of carbonyl (C=O) groups is 2. The molecule has 130 valence electrons. The third-order valence-electron chi connectivity index (χ3n) is 3.83. The second-order valence-electron chi connectivity index (χ2n) is 5.64. The molecule has 3 rings (SSSR count). The molecule has 2 aromatic rings. The average molecular weight is 379 g/mol. The summed E-state index contributed by atoms with van der Waals surface area (Å²) in [5.41, 5.74) is 1.19.